The van der Waals surface area contributed by atoms with Crippen LogP contribution in [0.5, 0.6) is 0 Å². The molecule has 32 heavy (non-hydrogen) atoms. The van der Waals surface area contributed by atoms with Crippen molar-refractivity contribution in [1.29, 1.82) is 0 Å². The van der Waals surface area contributed by atoms with Crippen molar-refractivity contribution in [1.82, 2.24) is 15.5 Å². The Balaban J connectivity index is 0.00000363. The van der Waals surface area contributed by atoms with Gasteiger partial charge in [0.25, 0.3) is 0 Å². The second-order valence-corrected chi connectivity index (χ2v) is 10.2. The molecule has 2 aromatic carbocycles. The fourth-order valence-corrected chi connectivity index (χ4v) is 5.08. The number of halogens is 1. The molecular weight excluding hydrogens is 535 g/mol. The van der Waals surface area contributed by atoms with Crippen molar-refractivity contribution >= 4 is 39.8 Å². The zero-order valence-electron chi connectivity index (χ0n) is 18.9. The number of likely N-dealkylation sites (tertiary alicyclic amines) is 1. The summed E-state index contributed by atoms with van der Waals surface area (Å²) in [5.41, 5.74) is 1.34. The molecule has 3 rings (SSSR count). The van der Waals surface area contributed by atoms with Gasteiger partial charge in [-0.1, -0.05) is 48.5 Å². The lowest BCUT2D eigenvalue weighted by Gasteiger charge is -2.38. The fraction of sp³-hybridized carbons (Fsp3) is 0.458. The first-order chi connectivity index (χ1) is 15.0. The van der Waals surface area contributed by atoms with Crippen LogP contribution >= 0.6 is 24.0 Å². The Morgan fingerprint density at radius 1 is 1.09 bits per heavy atom. The van der Waals surface area contributed by atoms with Gasteiger partial charge in [-0.3, -0.25) is 9.89 Å². The van der Waals surface area contributed by atoms with Crippen molar-refractivity contribution in [2.45, 2.75) is 50.2 Å². The van der Waals surface area contributed by atoms with E-state index in [1.807, 2.05) is 13.0 Å². The molecule has 0 aromatic heterocycles. The number of nitrogens with zero attached hydrogens (tertiary/aromatic N) is 2. The summed E-state index contributed by atoms with van der Waals surface area (Å²) in [6.07, 6.45) is 2.06. The Kier molecular flexibility index (Phi) is 10.9. The van der Waals surface area contributed by atoms with Crippen LogP contribution in [0.3, 0.4) is 0 Å². The minimum Gasteiger partial charge on any atom is -0.357 e. The average Bonchev–Trinajstić information content (AvgIpc) is 2.77. The minimum absolute atomic E-state index is 0. The lowest BCUT2D eigenvalue weighted by molar-refractivity contribution is 0.134. The average molecular weight is 571 g/mol. The first-order valence-electron chi connectivity index (χ1n) is 11.1. The monoisotopic (exact) mass is 570 g/mol. The molecule has 0 radical (unpaired) electrons. The summed E-state index contributed by atoms with van der Waals surface area (Å²) < 4.78 is 25.0. The van der Waals surface area contributed by atoms with Crippen LogP contribution in [-0.4, -0.2) is 56.7 Å². The van der Waals surface area contributed by atoms with Crippen LogP contribution in [0.25, 0.3) is 0 Å². The molecule has 2 atom stereocenters. The molecule has 1 heterocycles. The maximum absolute atomic E-state index is 12.5. The first kappa shape index (κ1) is 26.6. The van der Waals surface area contributed by atoms with E-state index in [2.05, 4.69) is 57.8 Å². The number of piperidine rings is 1. The topological polar surface area (TPSA) is 73.8 Å². The Labute approximate surface area is 209 Å². The lowest BCUT2D eigenvalue weighted by atomic mass is 9.97. The number of aliphatic imine (C=N–C) groups is 1. The zero-order chi connectivity index (χ0) is 22.1. The van der Waals surface area contributed by atoms with E-state index < -0.39 is 9.84 Å². The van der Waals surface area contributed by atoms with E-state index in [1.165, 1.54) is 5.56 Å². The Morgan fingerprint density at radius 2 is 1.75 bits per heavy atom. The van der Waals surface area contributed by atoms with Crippen LogP contribution < -0.4 is 10.6 Å². The highest BCUT2D eigenvalue weighted by Crippen LogP contribution is 2.20. The van der Waals surface area contributed by atoms with Gasteiger partial charge in [0.1, 0.15) is 0 Å². The summed E-state index contributed by atoms with van der Waals surface area (Å²) in [5, 5.41) is 6.77. The first-order valence-corrected chi connectivity index (χ1v) is 12.7. The molecule has 0 spiro atoms. The van der Waals surface area contributed by atoms with Gasteiger partial charge in [0, 0.05) is 31.7 Å². The van der Waals surface area contributed by atoms with Gasteiger partial charge in [-0.05, 0) is 44.4 Å². The quantitative estimate of drug-likeness (QED) is 0.288. The molecule has 2 unspecified atom stereocenters. The molecule has 1 fully saturated rings. The van der Waals surface area contributed by atoms with Crippen molar-refractivity contribution in [2.75, 3.05) is 25.4 Å². The van der Waals surface area contributed by atoms with Crippen LogP contribution in [-0.2, 0) is 16.4 Å². The molecule has 1 aliphatic heterocycles. The summed E-state index contributed by atoms with van der Waals surface area (Å²) in [6.45, 7) is 7.25. The van der Waals surface area contributed by atoms with Crippen LogP contribution in [0.1, 0.15) is 32.3 Å². The van der Waals surface area contributed by atoms with E-state index >= 15 is 0 Å². The Bertz CT molecular complexity index is 939. The number of sulfone groups is 1. The molecule has 0 saturated carbocycles. The SMILES string of the molecule is CCNC(=NCCS(=O)(=O)c1ccccc1)NC1CCN(Cc2ccccc2)C(C)C1.I. The van der Waals surface area contributed by atoms with Gasteiger partial charge in [-0.15, -0.1) is 24.0 Å². The van der Waals surface area contributed by atoms with Gasteiger partial charge in [0.15, 0.2) is 15.8 Å². The molecule has 1 aliphatic rings. The number of guanidine groups is 1. The zero-order valence-corrected chi connectivity index (χ0v) is 22.1. The third kappa shape index (κ3) is 8.04. The second kappa shape index (κ2) is 13.2. The number of hydrogen-bond acceptors (Lipinski definition) is 4. The van der Waals surface area contributed by atoms with Gasteiger partial charge in [0.2, 0.25) is 0 Å². The maximum Gasteiger partial charge on any atom is 0.191 e. The number of hydrogen-bond donors (Lipinski definition) is 2. The van der Waals surface area contributed by atoms with Gasteiger partial charge in [-0.2, -0.15) is 0 Å². The molecule has 0 aliphatic carbocycles. The number of benzene rings is 2. The largest absolute Gasteiger partial charge is 0.357 e. The lowest BCUT2D eigenvalue weighted by Crippen LogP contribution is -2.51. The van der Waals surface area contributed by atoms with Crippen LogP contribution in [0, 0.1) is 0 Å². The maximum atomic E-state index is 12.5. The van der Waals surface area contributed by atoms with E-state index in [1.54, 1.807) is 24.3 Å². The predicted molar refractivity (Wildman–Crippen MR) is 142 cm³/mol. The molecule has 2 N–H and O–H groups in total. The van der Waals surface area contributed by atoms with Crippen LogP contribution in [0.4, 0.5) is 0 Å². The molecule has 2 aromatic rings. The Hall–Kier alpha value is -1.65. The van der Waals surface area contributed by atoms with Crippen molar-refractivity contribution in [3.05, 3.63) is 66.2 Å². The standard InChI is InChI=1S/C24H34N4O2S.HI/c1-3-25-24(26-15-17-31(29,30)23-12-8-5-9-13-23)27-22-14-16-28(20(2)18-22)19-21-10-6-4-7-11-21;/h4-13,20,22H,3,14-19H2,1-2H3,(H2,25,26,27);1H. The highest BCUT2D eigenvalue weighted by Gasteiger charge is 2.26. The van der Waals surface area contributed by atoms with Crippen molar-refractivity contribution in [3.8, 4) is 0 Å². The van der Waals surface area contributed by atoms with Crippen molar-refractivity contribution < 1.29 is 8.42 Å². The highest BCUT2D eigenvalue weighted by molar-refractivity contribution is 14.0. The van der Waals surface area contributed by atoms with Crippen molar-refractivity contribution in [3.63, 3.8) is 0 Å². The predicted octanol–water partition coefficient (Wildman–Crippen LogP) is 3.69. The minimum atomic E-state index is -3.32. The molecule has 6 nitrogen and oxygen atoms in total. The van der Waals surface area contributed by atoms with E-state index in [9.17, 15) is 8.42 Å². The van der Waals surface area contributed by atoms with Gasteiger partial charge >= 0.3 is 0 Å². The molecule has 1 saturated heterocycles. The van der Waals surface area contributed by atoms with Gasteiger partial charge in [0.05, 0.1) is 17.2 Å². The van der Waals surface area contributed by atoms with E-state index in [-0.39, 0.29) is 36.3 Å². The normalized spacial score (nSPS) is 19.8. The second-order valence-electron chi connectivity index (χ2n) is 8.06. The number of rotatable bonds is 8. The number of nitrogens with one attached hydrogen (secondary N) is 2. The van der Waals surface area contributed by atoms with E-state index in [0.717, 1.165) is 32.5 Å². The van der Waals surface area contributed by atoms with E-state index in [4.69, 9.17) is 0 Å². The summed E-state index contributed by atoms with van der Waals surface area (Å²) >= 11 is 0. The molecule has 0 amide bonds. The van der Waals surface area contributed by atoms with Gasteiger partial charge in [-0.25, -0.2) is 8.42 Å². The third-order valence-electron chi connectivity index (χ3n) is 5.66. The van der Waals surface area contributed by atoms with E-state index in [0.29, 0.717) is 22.9 Å². The highest BCUT2D eigenvalue weighted by atomic mass is 127. The molecular formula is C24H35IN4O2S. The third-order valence-corrected chi connectivity index (χ3v) is 7.37. The van der Waals surface area contributed by atoms with Crippen LogP contribution in [0.2, 0.25) is 0 Å². The summed E-state index contributed by atoms with van der Waals surface area (Å²) in [6, 6.07) is 19.9. The van der Waals surface area contributed by atoms with Gasteiger partial charge < -0.3 is 10.6 Å². The molecule has 0 bridgehead atoms. The molecule has 8 heteroatoms. The Morgan fingerprint density at radius 3 is 2.38 bits per heavy atom. The summed E-state index contributed by atoms with van der Waals surface area (Å²) in [4.78, 5) is 7.40. The summed E-state index contributed by atoms with van der Waals surface area (Å²) in [7, 11) is -3.32. The van der Waals surface area contributed by atoms with Crippen molar-refractivity contribution in [2.24, 2.45) is 4.99 Å². The fourth-order valence-electron chi connectivity index (χ4n) is 3.94. The molecule has 176 valence electrons. The summed E-state index contributed by atoms with van der Waals surface area (Å²) in [5.74, 6) is 0.693. The smallest absolute Gasteiger partial charge is 0.191 e. The van der Waals surface area contributed by atoms with Crippen LogP contribution in [0.15, 0.2) is 70.6 Å².